The number of nitrogens with one attached hydrogen (secondary N) is 1. The normalized spacial score (nSPS) is 10.2. The number of carboxylic acid groups (broad SMARTS) is 1. The molecule has 0 bridgehead atoms. The van der Waals surface area contributed by atoms with Gasteiger partial charge in [0.1, 0.15) is 17.7 Å². The Bertz CT molecular complexity index is 611. The Hall–Kier alpha value is -2.43. The van der Waals surface area contributed by atoms with Crippen molar-refractivity contribution in [3.63, 3.8) is 0 Å². The smallest absolute Gasteiger partial charge is 0.341 e. The summed E-state index contributed by atoms with van der Waals surface area (Å²) in [6.07, 6.45) is 3.58. The van der Waals surface area contributed by atoms with Crippen LogP contribution in [0.2, 0.25) is 0 Å². The zero-order valence-electron chi connectivity index (χ0n) is 10.8. The maximum absolute atomic E-state index is 11.1. The van der Waals surface area contributed by atoms with Crippen molar-refractivity contribution in [3.05, 3.63) is 47.4 Å². The largest absolute Gasteiger partial charge is 0.477 e. The Balaban J connectivity index is 2.31. The molecule has 19 heavy (non-hydrogen) atoms. The zero-order valence-corrected chi connectivity index (χ0v) is 10.8. The first kappa shape index (κ1) is 13.0. The Kier molecular flexibility index (Phi) is 3.75. The molecule has 2 aromatic rings. The number of carboxylic acids is 1. The quantitative estimate of drug-likeness (QED) is 0.880. The van der Waals surface area contributed by atoms with Crippen molar-refractivity contribution in [3.8, 4) is 0 Å². The molecule has 0 spiro atoms. The summed E-state index contributed by atoms with van der Waals surface area (Å²) >= 11 is 0. The second-order valence-corrected chi connectivity index (χ2v) is 4.21. The topological polar surface area (TPSA) is 75.1 Å². The lowest BCUT2D eigenvalue weighted by molar-refractivity contribution is 0.0697. The third-order valence-electron chi connectivity index (χ3n) is 2.93. The van der Waals surface area contributed by atoms with Crippen LogP contribution in [0.15, 0.2) is 30.7 Å². The minimum atomic E-state index is -1.05. The van der Waals surface area contributed by atoms with Gasteiger partial charge in [0, 0.05) is 11.9 Å². The highest BCUT2D eigenvalue weighted by atomic mass is 16.4. The lowest BCUT2D eigenvalue weighted by Gasteiger charge is -2.10. The number of rotatable bonds is 4. The molecule has 0 aliphatic rings. The fourth-order valence-electron chi connectivity index (χ4n) is 1.89. The van der Waals surface area contributed by atoms with Gasteiger partial charge in [0.15, 0.2) is 0 Å². The summed E-state index contributed by atoms with van der Waals surface area (Å²) in [6, 6.07) is 5.92. The average molecular weight is 257 g/mol. The van der Waals surface area contributed by atoms with Crippen LogP contribution in [0.25, 0.3) is 0 Å². The standard InChI is InChI=1S/C14H15N3O2/c1-3-10-4-5-11(6-9(10)2)17-13-12(14(18)19)7-15-8-16-13/h4-8H,3H2,1-2H3,(H,18,19)(H,15,16,17). The van der Waals surface area contributed by atoms with Crippen molar-refractivity contribution in [2.45, 2.75) is 20.3 Å². The molecule has 1 heterocycles. The van der Waals surface area contributed by atoms with E-state index in [1.54, 1.807) is 0 Å². The van der Waals surface area contributed by atoms with Gasteiger partial charge in [-0.3, -0.25) is 0 Å². The molecule has 0 aliphatic heterocycles. The molecular formula is C14H15N3O2. The molecular weight excluding hydrogens is 242 g/mol. The number of aromatic nitrogens is 2. The predicted octanol–water partition coefficient (Wildman–Crippen LogP) is 2.79. The summed E-state index contributed by atoms with van der Waals surface area (Å²) in [4.78, 5) is 18.7. The zero-order chi connectivity index (χ0) is 13.8. The van der Waals surface area contributed by atoms with Crippen LogP contribution in [-0.4, -0.2) is 21.0 Å². The summed E-state index contributed by atoms with van der Waals surface area (Å²) in [5, 5.41) is 12.1. The van der Waals surface area contributed by atoms with Crippen molar-refractivity contribution in [2.75, 3.05) is 5.32 Å². The van der Waals surface area contributed by atoms with Crippen molar-refractivity contribution in [1.29, 1.82) is 0 Å². The first-order chi connectivity index (χ1) is 9.11. The second kappa shape index (κ2) is 5.48. The number of hydrogen-bond acceptors (Lipinski definition) is 4. The maximum Gasteiger partial charge on any atom is 0.341 e. The van der Waals surface area contributed by atoms with Crippen LogP contribution in [0.5, 0.6) is 0 Å². The molecule has 1 aromatic heterocycles. The summed E-state index contributed by atoms with van der Waals surface area (Å²) in [6.45, 7) is 4.13. The van der Waals surface area contributed by atoms with Gasteiger partial charge in [-0.15, -0.1) is 0 Å². The molecule has 0 saturated carbocycles. The number of anilines is 2. The molecule has 0 atom stereocenters. The fourth-order valence-corrected chi connectivity index (χ4v) is 1.89. The highest BCUT2D eigenvalue weighted by molar-refractivity contribution is 5.93. The Morgan fingerprint density at radius 3 is 2.84 bits per heavy atom. The van der Waals surface area contributed by atoms with Crippen LogP contribution in [0.1, 0.15) is 28.4 Å². The summed E-state index contributed by atoms with van der Waals surface area (Å²) < 4.78 is 0. The Labute approximate surface area is 111 Å². The SMILES string of the molecule is CCc1ccc(Nc2ncncc2C(=O)O)cc1C. The number of hydrogen-bond donors (Lipinski definition) is 2. The van der Waals surface area contributed by atoms with E-state index in [0.29, 0.717) is 5.82 Å². The van der Waals surface area contributed by atoms with E-state index in [0.717, 1.165) is 12.1 Å². The maximum atomic E-state index is 11.1. The molecule has 1 aromatic carbocycles. The van der Waals surface area contributed by atoms with Gasteiger partial charge in [-0.05, 0) is 36.6 Å². The molecule has 0 amide bonds. The molecule has 2 N–H and O–H groups in total. The average Bonchev–Trinajstić information content (AvgIpc) is 2.39. The van der Waals surface area contributed by atoms with E-state index in [4.69, 9.17) is 5.11 Å². The summed E-state index contributed by atoms with van der Waals surface area (Å²) in [5.74, 6) is -0.754. The number of aromatic carboxylic acids is 1. The van der Waals surface area contributed by atoms with Gasteiger partial charge in [-0.2, -0.15) is 0 Å². The minimum absolute atomic E-state index is 0.0553. The number of carbonyl (C=O) groups is 1. The molecule has 0 saturated heterocycles. The van der Waals surface area contributed by atoms with Crippen LogP contribution in [0.4, 0.5) is 11.5 Å². The van der Waals surface area contributed by atoms with Gasteiger partial charge >= 0.3 is 5.97 Å². The minimum Gasteiger partial charge on any atom is -0.477 e. The predicted molar refractivity (Wildman–Crippen MR) is 72.8 cm³/mol. The number of benzene rings is 1. The van der Waals surface area contributed by atoms with Gasteiger partial charge in [0.2, 0.25) is 0 Å². The third kappa shape index (κ3) is 2.88. The molecule has 98 valence electrons. The van der Waals surface area contributed by atoms with Gasteiger partial charge in [-0.25, -0.2) is 14.8 Å². The van der Waals surface area contributed by atoms with E-state index in [2.05, 4.69) is 22.2 Å². The van der Waals surface area contributed by atoms with Crippen LogP contribution < -0.4 is 5.32 Å². The Morgan fingerprint density at radius 2 is 2.21 bits per heavy atom. The fraction of sp³-hybridized carbons (Fsp3) is 0.214. The summed E-state index contributed by atoms with van der Waals surface area (Å²) in [7, 11) is 0. The second-order valence-electron chi connectivity index (χ2n) is 4.21. The van der Waals surface area contributed by atoms with E-state index >= 15 is 0 Å². The van der Waals surface area contributed by atoms with Crippen LogP contribution >= 0.6 is 0 Å². The van der Waals surface area contributed by atoms with E-state index in [1.807, 2.05) is 25.1 Å². The van der Waals surface area contributed by atoms with E-state index < -0.39 is 5.97 Å². The lowest BCUT2D eigenvalue weighted by atomic mass is 10.1. The molecule has 0 aliphatic carbocycles. The van der Waals surface area contributed by atoms with Crippen LogP contribution in [0.3, 0.4) is 0 Å². The first-order valence-electron chi connectivity index (χ1n) is 6.01. The van der Waals surface area contributed by atoms with Crippen molar-refractivity contribution < 1.29 is 9.90 Å². The molecule has 5 nitrogen and oxygen atoms in total. The summed E-state index contributed by atoms with van der Waals surface area (Å²) in [5.41, 5.74) is 3.31. The van der Waals surface area contributed by atoms with E-state index in [1.165, 1.54) is 23.7 Å². The number of aryl methyl sites for hydroxylation is 2. The van der Waals surface area contributed by atoms with Gasteiger partial charge in [0.05, 0.1) is 0 Å². The van der Waals surface area contributed by atoms with Crippen molar-refractivity contribution in [1.82, 2.24) is 9.97 Å². The van der Waals surface area contributed by atoms with Crippen molar-refractivity contribution >= 4 is 17.5 Å². The lowest BCUT2D eigenvalue weighted by Crippen LogP contribution is -2.05. The Morgan fingerprint density at radius 1 is 1.42 bits per heavy atom. The number of nitrogens with zero attached hydrogens (tertiary/aromatic N) is 2. The molecule has 0 fully saturated rings. The molecule has 2 rings (SSSR count). The highest BCUT2D eigenvalue weighted by Crippen LogP contribution is 2.21. The first-order valence-corrected chi connectivity index (χ1v) is 6.01. The van der Waals surface area contributed by atoms with Gasteiger partial charge in [-0.1, -0.05) is 13.0 Å². The highest BCUT2D eigenvalue weighted by Gasteiger charge is 2.11. The van der Waals surface area contributed by atoms with Crippen LogP contribution in [0, 0.1) is 6.92 Å². The monoisotopic (exact) mass is 257 g/mol. The molecule has 0 unspecified atom stereocenters. The third-order valence-corrected chi connectivity index (χ3v) is 2.93. The van der Waals surface area contributed by atoms with Gasteiger partial charge in [0.25, 0.3) is 0 Å². The van der Waals surface area contributed by atoms with E-state index in [9.17, 15) is 4.79 Å². The van der Waals surface area contributed by atoms with Crippen LogP contribution in [-0.2, 0) is 6.42 Å². The molecule has 0 radical (unpaired) electrons. The van der Waals surface area contributed by atoms with Crippen molar-refractivity contribution in [2.24, 2.45) is 0 Å². The molecule has 5 heteroatoms. The van der Waals surface area contributed by atoms with E-state index in [-0.39, 0.29) is 5.56 Å². The van der Waals surface area contributed by atoms with Gasteiger partial charge < -0.3 is 10.4 Å².